The third-order valence-electron chi connectivity index (χ3n) is 3.62. The molecule has 0 aromatic carbocycles. The number of urea groups is 1. The van der Waals surface area contributed by atoms with Gasteiger partial charge < -0.3 is 15.0 Å². The van der Waals surface area contributed by atoms with Crippen LogP contribution in [0.2, 0.25) is 0 Å². The molecule has 0 aromatic rings. The van der Waals surface area contributed by atoms with E-state index in [-0.39, 0.29) is 6.04 Å². The predicted molar refractivity (Wildman–Crippen MR) is 71.0 cm³/mol. The van der Waals surface area contributed by atoms with Crippen LogP contribution in [0.5, 0.6) is 0 Å². The molecule has 112 valence electrons. The highest BCUT2D eigenvalue weighted by atomic mass is 16.6. The maximum atomic E-state index is 12.2. The summed E-state index contributed by atoms with van der Waals surface area (Å²) in [6, 6.07) is -0.905. The highest BCUT2D eigenvalue weighted by Crippen LogP contribution is 2.30. The maximum absolute atomic E-state index is 12.2. The fourth-order valence-corrected chi connectivity index (χ4v) is 2.70. The minimum atomic E-state index is -1.09. The van der Waals surface area contributed by atoms with E-state index in [0.29, 0.717) is 13.0 Å². The molecular weight excluding hydrogens is 262 g/mol. The Morgan fingerprint density at radius 3 is 2.55 bits per heavy atom. The molecule has 7 heteroatoms. The first kappa shape index (κ1) is 14.6. The molecule has 0 unspecified atom stereocenters. The van der Waals surface area contributed by atoms with Crippen molar-refractivity contribution in [3.63, 3.8) is 0 Å². The second-order valence-electron chi connectivity index (χ2n) is 6.44. The zero-order chi connectivity index (χ0) is 15.1. The van der Waals surface area contributed by atoms with Crippen LogP contribution in [0.15, 0.2) is 0 Å². The highest BCUT2D eigenvalue weighted by molar-refractivity contribution is 6.07. The van der Waals surface area contributed by atoms with E-state index in [0.717, 1.165) is 6.42 Å². The van der Waals surface area contributed by atoms with Gasteiger partial charge in [-0.05, 0) is 40.5 Å². The lowest BCUT2D eigenvalue weighted by atomic mass is 9.90. The smallest absolute Gasteiger partial charge is 0.410 e. The molecule has 0 spiro atoms. The molecule has 2 atom stereocenters. The molecule has 2 aliphatic heterocycles. The Morgan fingerprint density at radius 2 is 2.05 bits per heavy atom. The number of carbonyl (C=O) groups excluding carboxylic acids is 3. The number of nitrogens with one attached hydrogen (secondary N) is 2. The number of amides is 4. The van der Waals surface area contributed by atoms with E-state index in [4.69, 9.17) is 4.74 Å². The predicted octanol–water partition coefficient (Wildman–Crippen LogP) is 0.984. The van der Waals surface area contributed by atoms with Crippen LogP contribution in [0.25, 0.3) is 0 Å². The zero-order valence-corrected chi connectivity index (χ0v) is 12.3. The summed E-state index contributed by atoms with van der Waals surface area (Å²) in [5, 5.41) is 4.84. The lowest BCUT2D eigenvalue weighted by molar-refractivity contribution is -0.125. The Kier molecular flexibility index (Phi) is 3.39. The first-order valence-electron chi connectivity index (χ1n) is 6.77. The van der Waals surface area contributed by atoms with E-state index in [1.54, 1.807) is 27.7 Å². The van der Waals surface area contributed by atoms with Gasteiger partial charge in [-0.3, -0.25) is 10.1 Å². The number of hydrogen-bond donors (Lipinski definition) is 2. The van der Waals surface area contributed by atoms with Crippen LogP contribution in [-0.2, 0) is 9.53 Å². The van der Waals surface area contributed by atoms with Crippen LogP contribution in [-0.4, -0.2) is 46.7 Å². The molecule has 20 heavy (non-hydrogen) atoms. The number of nitrogens with zero attached hydrogens (tertiary/aromatic N) is 1. The number of imide groups is 1. The van der Waals surface area contributed by atoms with Gasteiger partial charge in [0.25, 0.3) is 5.91 Å². The number of rotatable bonds is 1. The molecule has 0 radical (unpaired) electrons. The molecular formula is C13H21N3O4. The van der Waals surface area contributed by atoms with E-state index in [1.807, 2.05) is 0 Å². The molecule has 0 saturated carbocycles. The molecule has 2 fully saturated rings. The average molecular weight is 283 g/mol. The molecule has 4 amide bonds. The average Bonchev–Trinajstić information content (AvgIpc) is 2.82. The van der Waals surface area contributed by atoms with Crippen molar-refractivity contribution in [2.24, 2.45) is 0 Å². The third-order valence-corrected chi connectivity index (χ3v) is 3.62. The SMILES string of the molecule is CC(C)(C)OC(=O)N1CCC[C@@H]1[C@]1(C)NC(=O)NC1=O. The van der Waals surface area contributed by atoms with Crippen LogP contribution in [0.3, 0.4) is 0 Å². The van der Waals surface area contributed by atoms with Gasteiger partial charge in [0.05, 0.1) is 6.04 Å². The minimum Gasteiger partial charge on any atom is -0.444 e. The summed E-state index contributed by atoms with van der Waals surface area (Å²) < 4.78 is 5.36. The normalized spacial score (nSPS) is 30.2. The van der Waals surface area contributed by atoms with Crippen molar-refractivity contribution in [2.75, 3.05) is 6.54 Å². The Labute approximate surface area is 118 Å². The maximum Gasteiger partial charge on any atom is 0.410 e. The van der Waals surface area contributed by atoms with Gasteiger partial charge in [0.2, 0.25) is 0 Å². The van der Waals surface area contributed by atoms with E-state index in [9.17, 15) is 14.4 Å². The van der Waals surface area contributed by atoms with E-state index >= 15 is 0 Å². The fourth-order valence-electron chi connectivity index (χ4n) is 2.70. The van der Waals surface area contributed by atoms with Crippen LogP contribution < -0.4 is 10.6 Å². The van der Waals surface area contributed by atoms with Gasteiger partial charge in [-0.15, -0.1) is 0 Å². The van der Waals surface area contributed by atoms with Crippen LogP contribution >= 0.6 is 0 Å². The zero-order valence-electron chi connectivity index (χ0n) is 12.3. The van der Waals surface area contributed by atoms with Gasteiger partial charge in [-0.25, -0.2) is 9.59 Å². The molecule has 2 aliphatic rings. The third kappa shape index (κ3) is 2.57. The van der Waals surface area contributed by atoms with Crippen molar-refractivity contribution >= 4 is 18.0 Å². The Bertz CT molecular complexity index is 457. The van der Waals surface area contributed by atoms with Crippen LogP contribution in [0, 0.1) is 0 Å². The van der Waals surface area contributed by atoms with Gasteiger partial charge >= 0.3 is 12.1 Å². The Hall–Kier alpha value is -1.79. The first-order valence-corrected chi connectivity index (χ1v) is 6.77. The number of ether oxygens (including phenoxy) is 1. The van der Waals surface area contributed by atoms with E-state index in [1.165, 1.54) is 4.90 Å². The van der Waals surface area contributed by atoms with Gasteiger partial charge in [0.15, 0.2) is 0 Å². The van der Waals surface area contributed by atoms with Crippen molar-refractivity contribution in [1.82, 2.24) is 15.5 Å². The van der Waals surface area contributed by atoms with E-state index < -0.39 is 29.2 Å². The summed E-state index contributed by atoms with van der Waals surface area (Å²) in [5.74, 6) is -0.400. The van der Waals surface area contributed by atoms with E-state index in [2.05, 4.69) is 10.6 Å². The first-order chi connectivity index (χ1) is 9.13. The lowest BCUT2D eigenvalue weighted by Gasteiger charge is -2.35. The summed E-state index contributed by atoms with van der Waals surface area (Å²) in [6.07, 6.45) is 0.988. The van der Waals surface area contributed by atoms with Crippen molar-refractivity contribution in [3.05, 3.63) is 0 Å². The molecule has 2 saturated heterocycles. The summed E-state index contributed by atoms with van der Waals surface area (Å²) in [7, 11) is 0. The van der Waals surface area contributed by atoms with Gasteiger partial charge in [-0.1, -0.05) is 0 Å². The van der Waals surface area contributed by atoms with Crippen molar-refractivity contribution in [1.29, 1.82) is 0 Å². The second-order valence-corrected chi connectivity index (χ2v) is 6.44. The number of likely N-dealkylation sites (tertiary alicyclic amines) is 1. The molecule has 7 nitrogen and oxygen atoms in total. The standard InChI is InChI=1S/C13H21N3O4/c1-12(2,3)20-11(19)16-7-5-6-8(16)13(4)9(17)14-10(18)15-13/h8H,5-7H2,1-4H3,(H2,14,15,17,18)/t8-,13+/m1/s1. The van der Waals surface area contributed by atoms with Crippen molar-refractivity contribution in [3.8, 4) is 0 Å². The van der Waals surface area contributed by atoms with Crippen molar-refractivity contribution in [2.45, 2.75) is 57.7 Å². The topological polar surface area (TPSA) is 87.7 Å². The fraction of sp³-hybridized carbons (Fsp3) is 0.769. The van der Waals surface area contributed by atoms with Gasteiger partial charge in [-0.2, -0.15) is 0 Å². The van der Waals surface area contributed by atoms with Crippen molar-refractivity contribution < 1.29 is 19.1 Å². The molecule has 2 N–H and O–H groups in total. The summed E-state index contributed by atoms with van der Waals surface area (Å²) in [5.41, 5.74) is -1.68. The molecule has 0 aromatic heterocycles. The minimum absolute atomic E-state index is 0.385. The van der Waals surface area contributed by atoms with Gasteiger partial charge in [0, 0.05) is 6.54 Å². The molecule has 0 bridgehead atoms. The monoisotopic (exact) mass is 283 g/mol. The quantitative estimate of drug-likeness (QED) is 0.702. The van der Waals surface area contributed by atoms with Gasteiger partial charge in [0.1, 0.15) is 11.1 Å². The summed E-state index contributed by atoms with van der Waals surface area (Å²) in [6.45, 7) is 7.55. The van der Waals surface area contributed by atoms with Crippen LogP contribution in [0.4, 0.5) is 9.59 Å². The lowest BCUT2D eigenvalue weighted by Crippen LogP contribution is -2.60. The Morgan fingerprint density at radius 1 is 1.40 bits per heavy atom. The number of carbonyl (C=O) groups is 3. The highest BCUT2D eigenvalue weighted by Gasteiger charge is 2.53. The Balaban J connectivity index is 2.17. The second kappa shape index (κ2) is 4.64. The van der Waals surface area contributed by atoms with Crippen LogP contribution in [0.1, 0.15) is 40.5 Å². The number of hydrogen-bond acceptors (Lipinski definition) is 4. The summed E-state index contributed by atoms with van der Waals surface area (Å²) >= 11 is 0. The molecule has 2 rings (SSSR count). The largest absolute Gasteiger partial charge is 0.444 e. The molecule has 2 heterocycles. The molecule has 0 aliphatic carbocycles. The summed E-state index contributed by atoms with van der Waals surface area (Å²) in [4.78, 5) is 37.1.